The molecule has 1 rings (SSSR count). The minimum absolute atomic E-state index is 0.0984. The Morgan fingerprint density at radius 2 is 1.90 bits per heavy atom. The van der Waals surface area contributed by atoms with E-state index in [1.807, 2.05) is 6.92 Å². The number of hydrogen-bond acceptors (Lipinski definition) is 4. The summed E-state index contributed by atoms with van der Waals surface area (Å²) in [4.78, 5) is 23.6. The number of rotatable bonds is 6. The molecule has 4 nitrogen and oxygen atoms in total. The van der Waals surface area contributed by atoms with Crippen LogP contribution in [0.15, 0.2) is 36.0 Å². The van der Waals surface area contributed by atoms with E-state index in [4.69, 9.17) is 23.2 Å². The summed E-state index contributed by atoms with van der Waals surface area (Å²) in [6.45, 7) is 2.42. The molecule has 0 radical (unpaired) electrons. The lowest BCUT2D eigenvalue weighted by Gasteiger charge is -2.03. The molecular weight excluding hydrogens is 313 g/mol. The third-order valence-corrected chi connectivity index (χ3v) is 3.18. The molecule has 0 aliphatic carbocycles. The van der Waals surface area contributed by atoms with Gasteiger partial charge in [-0.25, -0.2) is 4.79 Å². The minimum Gasteiger partial charge on any atom is -0.465 e. The van der Waals surface area contributed by atoms with E-state index in [0.717, 1.165) is 0 Å². The quantitative estimate of drug-likeness (QED) is 0.377. The molecular formula is C15H15Cl2NO3. The number of halogens is 2. The number of hydrogen-bond donors (Lipinski definition) is 1. The van der Waals surface area contributed by atoms with Crippen molar-refractivity contribution in [1.29, 1.82) is 0 Å². The van der Waals surface area contributed by atoms with Crippen molar-refractivity contribution in [2.45, 2.75) is 6.92 Å². The molecule has 0 aliphatic rings. The van der Waals surface area contributed by atoms with Gasteiger partial charge in [-0.15, -0.1) is 0 Å². The highest BCUT2D eigenvalue weighted by Crippen LogP contribution is 2.25. The lowest BCUT2D eigenvalue weighted by molar-refractivity contribution is -0.137. The van der Waals surface area contributed by atoms with Crippen molar-refractivity contribution in [3.63, 3.8) is 0 Å². The number of carbonyl (C=O) groups is 2. The van der Waals surface area contributed by atoms with Crippen LogP contribution in [0.4, 0.5) is 0 Å². The van der Waals surface area contributed by atoms with Crippen molar-refractivity contribution in [1.82, 2.24) is 5.32 Å². The van der Waals surface area contributed by atoms with Crippen LogP contribution >= 0.6 is 23.2 Å². The van der Waals surface area contributed by atoms with Gasteiger partial charge in [-0.1, -0.05) is 29.3 Å². The molecule has 0 saturated carbocycles. The van der Waals surface area contributed by atoms with Crippen molar-refractivity contribution in [3.8, 4) is 0 Å². The standard InChI is InChI=1S/C15H15Cl2NO3/c1-3-18-9-11(15(20)21-2)14(19)8-7-10-12(16)5-4-6-13(10)17/h4-9,18H,3H2,1-2H3. The molecule has 0 unspecified atom stereocenters. The van der Waals surface area contributed by atoms with Gasteiger partial charge in [-0.05, 0) is 31.2 Å². The molecule has 0 saturated heterocycles. The molecule has 21 heavy (non-hydrogen) atoms. The second-order valence-corrected chi connectivity index (χ2v) is 4.75. The zero-order chi connectivity index (χ0) is 15.8. The maximum absolute atomic E-state index is 12.1. The van der Waals surface area contributed by atoms with Crippen LogP contribution in [0.3, 0.4) is 0 Å². The zero-order valence-corrected chi connectivity index (χ0v) is 13.2. The Bertz CT molecular complexity index is 574. The number of carbonyl (C=O) groups excluding carboxylic acids is 2. The number of ether oxygens (including phenoxy) is 1. The summed E-state index contributed by atoms with van der Waals surface area (Å²) in [5.74, 6) is -1.21. The molecule has 0 aliphatic heterocycles. The highest BCUT2D eigenvalue weighted by Gasteiger charge is 2.16. The van der Waals surface area contributed by atoms with Gasteiger partial charge in [0.2, 0.25) is 0 Å². The largest absolute Gasteiger partial charge is 0.465 e. The molecule has 0 bridgehead atoms. The SMILES string of the molecule is CCNC=C(C(=O)C=Cc1c(Cl)cccc1Cl)C(=O)OC. The number of allylic oxidation sites excluding steroid dienone is 1. The van der Waals surface area contributed by atoms with Crippen LogP contribution in [0.1, 0.15) is 12.5 Å². The first-order chi connectivity index (χ1) is 10.0. The van der Waals surface area contributed by atoms with Crippen LogP contribution in [0, 0.1) is 0 Å². The van der Waals surface area contributed by atoms with Crippen molar-refractivity contribution >= 4 is 41.0 Å². The fraction of sp³-hybridized carbons (Fsp3) is 0.200. The first kappa shape index (κ1) is 17.3. The third kappa shape index (κ3) is 4.92. The number of benzene rings is 1. The van der Waals surface area contributed by atoms with E-state index in [2.05, 4.69) is 10.1 Å². The van der Waals surface area contributed by atoms with Crippen molar-refractivity contribution in [2.24, 2.45) is 0 Å². The summed E-state index contributed by atoms with van der Waals surface area (Å²) < 4.78 is 4.58. The van der Waals surface area contributed by atoms with E-state index in [9.17, 15) is 9.59 Å². The molecule has 0 heterocycles. The lowest BCUT2D eigenvalue weighted by atomic mass is 10.1. The minimum atomic E-state index is -0.712. The van der Waals surface area contributed by atoms with Crippen LogP contribution in [0.25, 0.3) is 6.08 Å². The topological polar surface area (TPSA) is 55.4 Å². The molecule has 0 aromatic heterocycles. The van der Waals surface area contributed by atoms with Gasteiger partial charge in [-0.2, -0.15) is 0 Å². The fourth-order valence-electron chi connectivity index (χ4n) is 1.46. The van der Waals surface area contributed by atoms with Gasteiger partial charge in [0.05, 0.1) is 7.11 Å². The summed E-state index contributed by atoms with van der Waals surface area (Å²) in [6.07, 6.45) is 4.02. The molecule has 0 atom stereocenters. The normalized spacial score (nSPS) is 11.5. The Morgan fingerprint density at radius 3 is 2.43 bits per heavy atom. The molecule has 1 aromatic rings. The van der Waals surface area contributed by atoms with Gasteiger partial charge in [-0.3, -0.25) is 4.79 Å². The first-order valence-electron chi connectivity index (χ1n) is 6.19. The van der Waals surface area contributed by atoms with Crippen LogP contribution in [0.5, 0.6) is 0 Å². The van der Waals surface area contributed by atoms with E-state index in [1.54, 1.807) is 18.2 Å². The maximum atomic E-state index is 12.1. The summed E-state index contributed by atoms with van der Waals surface area (Å²) in [6, 6.07) is 5.02. The fourth-order valence-corrected chi connectivity index (χ4v) is 1.99. The molecule has 0 fully saturated rings. The second-order valence-electron chi connectivity index (χ2n) is 3.94. The lowest BCUT2D eigenvalue weighted by Crippen LogP contribution is -2.17. The van der Waals surface area contributed by atoms with Gasteiger partial charge in [0.1, 0.15) is 5.57 Å². The summed E-state index contributed by atoms with van der Waals surface area (Å²) in [5.41, 5.74) is 0.417. The Hall–Kier alpha value is -1.78. The van der Waals surface area contributed by atoms with E-state index < -0.39 is 11.8 Å². The van der Waals surface area contributed by atoms with Gasteiger partial charge in [0.15, 0.2) is 5.78 Å². The van der Waals surface area contributed by atoms with Crippen LogP contribution in [-0.2, 0) is 14.3 Å². The summed E-state index contributed by atoms with van der Waals surface area (Å²) >= 11 is 12.0. The summed E-state index contributed by atoms with van der Waals surface area (Å²) in [5, 5.41) is 3.63. The summed E-state index contributed by atoms with van der Waals surface area (Å²) in [7, 11) is 1.21. The number of ketones is 1. The van der Waals surface area contributed by atoms with Gasteiger partial charge in [0, 0.05) is 28.4 Å². The van der Waals surface area contributed by atoms with Crippen molar-refractivity contribution in [2.75, 3.05) is 13.7 Å². The number of esters is 1. The predicted octanol–water partition coefficient (Wildman–Crippen LogP) is 3.24. The van der Waals surface area contributed by atoms with Crippen molar-refractivity contribution < 1.29 is 14.3 Å². The van der Waals surface area contributed by atoms with E-state index in [1.165, 1.54) is 25.5 Å². The number of methoxy groups -OCH3 is 1. The van der Waals surface area contributed by atoms with Crippen LogP contribution in [-0.4, -0.2) is 25.4 Å². The highest BCUT2D eigenvalue weighted by atomic mass is 35.5. The van der Waals surface area contributed by atoms with Gasteiger partial charge < -0.3 is 10.1 Å². The van der Waals surface area contributed by atoms with E-state index >= 15 is 0 Å². The van der Waals surface area contributed by atoms with Gasteiger partial charge in [0.25, 0.3) is 0 Å². The van der Waals surface area contributed by atoms with E-state index in [-0.39, 0.29) is 5.57 Å². The average Bonchev–Trinajstić information content (AvgIpc) is 2.46. The highest BCUT2D eigenvalue weighted by molar-refractivity contribution is 6.37. The molecule has 112 valence electrons. The molecule has 1 N–H and O–H groups in total. The van der Waals surface area contributed by atoms with E-state index in [0.29, 0.717) is 22.2 Å². The Morgan fingerprint density at radius 1 is 1.29 bits per heavy atom. The molecule has 0 amide bonds. The maximum Gasteiger partial charge on any atom is 0.343 e. The smallest absolute Gasteiger partial charge is 0.343 e. The Kier molecular flexibility index (Phi) is 6.99. The van der Waals surface area contributed by atoms with Gasteiger partial charge >= 0.3 is 5.97 Å². The Balaban J connectivity index is 3.01. The van der Waals surface area contributed by atoms with Crippen molar-refractivity contribution in [3.05, 3.63) is 51.7 Å². The zero-order valence-electron chi connectivity index (χ0n) is 11.7. The average molecular weight is 328 g/mol. The monoisotopic (exact) mass is 327 g/mol. The first-order valence-corrected chi connectivity index (χ1v) is 6.95. The molecule has 0 spiro atoms. The number of nitrogens with one attached hydrogen (secondary N) is 1. The Labute approximate surface area is 133 Å². The predicted molar refractivity (Wildman–Crippen MR) is 84.3 cm³/mol. The second kappa shape index (κ2) is 8.49. The van der Waals surface area contributed by atoms with Crippen LogP contribution in [0.2, 0.25) is 10.0 Å². The molecule has 1 aromatic carbocycles. The third-order valence-electron chi connectivity index (χ3n) is 2.52. The molecule has 6 heteroatoms. The van der Waals surface area contributed by atoms with Crippen LogP contribution < -0.4 is 5.32 Å².